The minimum absolute atomic E-state index is 0.0399. The minimum atomic E-state index is -0.621. The van der Waals surface area contributed by atoms with Crippen molar-refractivity contribution in [3.63, 3.8) is 0 Å². The molecule has 0 aliphatic rings. The molecule has 10 aromatic rings. The van der Waals surface area contributed by atoms with E-state index < -0.39 is 54.4 Å². The van der Waals surface area contributed by atoms with Crippen LogP contribution in [-0.2, 0) is 0 Å². The van der Waals surface area contributed by atoms with Crippen molar-refractivity contribution in [2.24, 2.45) is 0 Å². The van der Waals surface area contributed by atoms with Gasteiger partial charge in [-0.2, -0.15) is 0 Å². The van der Waals surface area contributed by atoms with Crippen LogP contribution in [0.15, 0.2) is 174 Å². The summed E-state index contributed by atoms with van der Waals surface area (Å²) < 4.78 is 94.0. The zero-order valence-corrected chi connectivity index (χ0v) is 24.8. The van der Waals surface area contributed by atoms with Crippen molar-refractivity contribution in [3.05, 3.63) is 170 Å². The number of furan rings is 1. The van der Waals surface area contributed by atoms with Gasteiger partial charge < -0.3 is 4.42 Å². The molecule has 10 rings (SSSR count). The number of rotatable bonds is 3. The summed E-state index contributed by atoms with van der Waals surface area (Å²) in [5.74, 6) is 0. The molecule has 1 aromatic heterocycles. The van der Waals surface area contributed by atoms with Crippen LogP contribution in [0.25, 0.3) is 98.4 Å². The van der Waals surface area contributed by atoms with E-state index in [9.17, 15) is 1.37 Å². The van der Waals surface area contributed by atoms with Crippen LogP contribution in [0.5, 0.6) is 0 Å². The molecule has 0 radical (unpaired) electrons. The van der Waals surface area contributed by atoms with Gasteiger partial charge in [0.05, 0.1) is 13.7 Å². The summed E-state index contributed by atoms with van der Waals surface area (Å²) in [7, 11) is 0. The number of hydrogen-bond donors (Lipinski definition) is 0. The number of fused-ring (bicyclic) bond motifs is 8. The Balaban J connectivity index is 1.35. The summed E-state index contributed by atoms with van der Waals surface area (Å²) in [5.41, 5.74) is 3.86. The molecule has 0 N–H and O–H groups in total. The Morgan fingerprint density at radius 1 is 0.404 bits per heavy atom. The molecule has 0 amide bonds. The van der Waals surface area contributed by atoms with Crippen molar-refractivity contribution in [3.8, 4) is 33.4 Å². The molecule has 9 aromatic carbocycles. The molecule has 218 valence electrons. The van der Waals surface area contributed by atoms with Gasteiger partial charge in [0.2, 0.25) is 0 Å². The summed E-state index contributed by atoms with van der Waals surface area (Å²) >= 11 is 0. The predicted octanol–water partition coefficient (Wildman–Crippen LogP) is 13.2. The Hall–Kier alpha value is -6.18. The zero-order chi connectivity index (χ0) is 39.6. The molecule has 1 heterocycles. The lowest BCUT2D eigenvalue weighted by Gasteiger charge is -2.18. The SMILES string of the molecule is [2H]c1c([2H])c([2H])c(-c2c([2H])c3c4cc(-c5c6ccccc6c(-c6cccc7ccccc67)c6ccccc56)ccc4oc3c3c([2H])c([2H])c([2H])c([2H])c23)c([2H])c1[2H]. The van der Waals surface area contributed by atoms with Gasteiger partial charge in [0.1, 0.15) is 11.2 Å². The average Bonchev–Trinajstić information content (AvgIpc) is 3.62. The maximum absolute atomic E-state index is 9.72. The molecule has 0 saturated heterocycles. The molecule has 0 bridgehead atoms. The van der Waals surface area contributed by atoms with Gasteiger partial charge in [-0.1, -0.05) is 151 Å². The summed E-state index contributed by atoms with van der Waals surface area (Å²) in [6.45, 7) is 0. The maximum Gasteiger partial charge on any atom is 0.143 e. The Bertz CT molecular complexity index is 3330. The fourth-order valence-corrected chi connectivity index (χ4v) is 7.15. The second kappa shape index (κ2) is 10.2. The average molecular weight is 607 g/mol. The van der Waals surface area contributed by atoms with E-state index in [0.29, 0.717) is 11.0 Å². The van der Waals surface area contributed by atoms with Crippen molar-refractivity contribution in [2.45, 2.75) is 0 Å². The van der Waals surface area contributed by atoms with Crippen LogP contribution >= 0.6 is 0 Å². The van der Waals surface area contributed by atoms with Crippen LogP contribution in [0.2, 0.25) is 0 Å². The second-order valence-corrected chi connectivity index (χ2v) is 11.6. The van der Waals surface area contributed by atoms with Gasteiger partial charge in [-0.15, -0.1) is 0 Å². The predicted molar refractivity (Wildman–Crippen MR) is 200 cm³/mol. The van der Waals surface area contributed by atoms with Crippen LogP contribution in [0, 0.1) is 0 Å². The van der Waals surface area contributed by atoms with E-state index in [4.69, 9.17) is 16.8 Å². The molecule has 0 spiro atoms. The van der Waals surface area contributed by atoms with Crippen molar-refractivity contribution in [1.29, 1.82) is 0 Å². The first-order valence-electron chi connectivity index (χ1n) is 20.4. The highest BCUT2D eigenvalue weighted by atomic mass is 16.3. The number of benzene rings is 9. The lowest BCUT2D eigenvalue weighted by molar-refractivity contribution is 0.673. The zero-order valence-electron chi connectivity index (χ0n) is 34.8. The lowest BCUT2D eigenvalue weighted by Crippen LogP contribution is -1.91. The van der Waals surface area contributed by atoms with Gasteiger partial charge in [0, 0.05) is 16.2 Å². The van der Waals surface area contributed by atoms with Crippen molar-refractivity contribution in [1.82, 2.24) is 0 Å². The normalized spacial score (nSPS) is 14.8. The van der Waals surface area contributed by atoms with Gasteiger partial charge in [0.25, 0.3) is 0 Å². The van der Waals surface area contributed by atoms with E-state index in [-0.39, 0.29) is 38.9 Å². The highest BCUT2D eigenvalue weighted by Crippen LogP contribution is 2.47. The highest BCUT2D eigenvalue weighted by molar-refractivity contribution is 6.25. The summed E-state index contributed by atoms with van der Waals surface area (Å²) in [6.07, 6.45) is 0. The molecule has 0 fully saturated rings. The second-order valence-electron chi connectivity index (χ2n) is 11.6. The summed E-state index contributed by atoms with van der Waals surface area (Å²) in [6, 6.07) is 31.5. The molecule has 0 saturated carbocycles. The topological polar surface area (TPSA) is 13.1 Å². The van der Waals surface area contributed by atoms with Gasteiger partial charge in [-0.3, -0.25) is 0 Å². The van der Waals surface area contributed by atoms with Crippen LogP contribution in [-0.4, -0.2) is 0 Å². The monoisotopic (exact) mass is 606 g/mol. The first-order valence-corrected chi connectivity index (χ1v) is 15.4. The molecule has 0 aliphatic carbocycles. The molecular weight excluding hydrogens is 569 g/mol. The first kappa shape index (κ1) is 18.1. The smallest absolute Gasteiger partial charge is 0.143 e. The summed E-state index contributed by atoms with van der Waals surface area (Å²) in [5, 5.41) is 6.84. The molecule has 0 atom stereocenters. The van der Waals surface area contributed by atoms with Crippen LogP contribution in [0.1, 0.15) is 13.7 Å². The van der Waals surface area contributed by atoms with E-state index in [1.165, 1.54) is 0 Å². The lowest BCUT2D eigenvalue weighted by atomic mass is 9.84. The largest absolute Gasteiger partial charge is 0.455 e. The standard InChI is InChI=1S/C46H28O/c1-2-13-30(14-3-1)40-28-42-41-27-31(25-26-43(41)47-46(42)39-23-11-6-18-33(39)40)44-35-19-7-9-21-37(35)45(38-22-10-8-20-36(38)44)34-24-12-16-29-15-4-5-17-32(29)34/h1-28H/i1D,2D,3D,6D,11D,13D,14D,18D,23D,28D. The van der Waals surface area contributed by atoms with Crippen molar-refractivity contribution in [2.75, 3.05) is 0 Å². The molecule has 1 nitrogen and oxygen atoms in total. The highest BCUT2D eigenvalue weighted by Gasteiger charge is 2.20. The van der Waals surface area contributed by atoms with Crippen molar-refractivity contribution >= 4 is 65.0 Å². The van der Waals surface area contributed by atoms with Gasteiger partial charge >= 0.3 is 0 Å². The fourth-order valence-electron chi connectivity index (χ4n) is 7.15. The minimum Gasteiger partial charge on any atom is -0.455 e. The van der Waals surface area contributed by atoms with E-state index in [0.717, 1.165) is 54.6 Å². The molecular formula is C46H28O. The molecule has 0 unspecified atom stereocenters. The van der Waals surface area contributed by atoms with Crippen LogP contribution in [0.3, 0.4) is 0 Å². The third-order valence-corrected chi connectivity index (χ3v) is 9.13. The Morgan fingerprint density at radius 3 is 1.77 bits per heavy atom. The van der Waals surface area contributed by atoms with Gasteiger partial charge in [0.15, 0.2) is 0 Å². The summed E-state index contributed by atoms with van der Waals surface area (Å²) in [4.78, 5) is 0. The quantitative estimate of drug-likeness (QED) is 0.182. The van der Waals surface area contributed by atoms with Crippen LogP contribution in [0.4, 0.5) is 0 Å². The Labute approximate surface area is 286 Å². The Kier molecular flexibility index (Phi) is 3.91. The fraction of sp³-hybridized carbons (Fsp3) is 0. The van der Waals surface area contributed by atoms with E-state index in [1.54, 1.807) is 6.07 Å². The Morgan fingerprint density at radius 2 is 1.02 bits per heavy atom. The first-order chi connectivity index (χ1) is 27.5. The van der Waals surface area contributed by atoms with E-state index in [2.05, 4.69) is 54.6 Å². The van der Waals surface area contributed by atoms with Gasteiger partial charge in [-0.25, -0.2) is 0 Å². The number of hydrogen-bond acceptors (Lipinski definition) is 1. The van der Waals surface area contributed by atoms with Gasteiger partial charge in [-0.05, 0) is 89.3 Å². The molecule has 1 heteroatoms. The van der Waals surface area contributed by atoms with Crippen molar-refractivity contribution < 1.29 is 18.1 Å². The molecule has 0 aliphatic heterocycles. The van der Waals surface area contributed by atoms with E-state index in [1.807, 2.05) is 48.5 Å². The third-order valence-electron chi connectivity index (χ3n) is 9.13. The van der Waals surface area contributed by atoms with Crippen LogP contribution < -0.4 is 0 Å². The molecule has 47 heavy (non-hydrogen) atoms. The maximum atomic E-state index is 9.72. The van der Waals surface area contributed by atoms with E-state index >= 15 is 0 Å². The third kappa shape index (κ3) is 3.90.